The summed E-state index contributed by atoms with van der Waals surface area (Å²) in [5.74, 6) is 1.26. The van der Waals surface area contributed by atoms with Crippen LogP contribution in [0.15, 0.2) is 58.0 Å². The van der Waals surface area contributed by atoms with Crippen LogP contribution in [0.5, 0.6) is 5.75 Å². The molecular weight excluding hydrogens is 342 g/mol. The van der Waals surface area contributed by atoms with E-state index in [9.17, 15) is 4.79 Å². The van der Waals surface area contributed by atoms with Gasteiger partial charge < -0.3 is 13.8 Å². The number of hydrogen-bond acceptors (Lipinski definition) is 5. The van der Waals surface area contributed by atoms with Crippen LogP contribution < -0.4 is 10.2 Å². The number of aryl methyl sites for hydroxylation is 2. The largest absolute Gasteiger partial charge is 0.493 e. The lowest BCUT2D eigenvalue weighted by atomic mass is 10.1. The highest BCUT2D eigenvalue weighted by molar-refractivity contribution is 5.83. The lowest BCUT2D eigenvalue weighted by Crippen LogP contribution is -2.10. The summed E-state index contributed by atoms with van der Waals surface area (Å²) in [5, 5.41) is 4.69. The van der Waals surface area contributed by atoms with Crippen molar-refractivity contribution in [2.24, 2.45) is 7.05 Å². The Kier molecular flexibility index (Phi) is 4.24. The summed E-state index contributed by atoms with van der Waals surface area (Å²) < 4.78 is 12.9. The zero-order chi connectivity index (χ0) is 19.0. The van der Waals surface area contributed by atoms with Crippen LogP contribution in [0.3, 0.4) is 0 Å². The smallest absolute Gasteiger partial charge is 0.263 e. The topological polar surface area (TPSA) is 70.2 Å². The fourth-order valence-electron chi connectivity index (χ4n) is 3.13. The summed E-state index contributed by atoms with van der Waals surface area (Å²) in [6.07, 6.45) is 1.73. The number of aromatic nitrogens is 3. The van der Waals surface area contributed by atoms with E-state index in [1.807, 2.05) is 67.9 Å². The van der Waals surface area contributed by atoms with Crippen LogP contribution in [0, 0.1) is 6.92 Å². The van der Waals surface area contributed by atoms with Crippen LogP contribution in [-0.4, -0.2) is 21.3 Å². The molecule has 0 atom stereocenters. The van der Waals surface area contributed by atoms with Gasteiger partial charge in [0, 0.05) is 18.6 Å². The quantitative estimate of drug-likeness (QED) is 0.550. The van der Waals surface area contributed by atoms with Crippen LogP contribution in [0.1, 0.15) is 12.5 Å². The number of ether oxygens (including phenoxy) is 1. The van der Waals surface area contributed by atoms with Gasteiger partial charge in [-0.15, -0.1) is 0 Å². The van der Waals surface area contributed by atoms with Crippen LogP contribution in [0.4, 0.5) is 0 Å². The van der Waals surface area contributed by atoms with Gasteiger partial charge in [0.05, 0.1) is 17.7 Å². The second-order valence-electron chi connectivity index (χ2n) is 6.36. The third kappa shape index (κ3) is 2.99. The molecule has 0 unspecified atom stereocenters. The Morgan fingerprint density at radius 2 is 1.96 bits per heavy atom. The number of hydrogen-bond donors (Lipinski definition) is 0. The van der Waals surface area contributed by atoms with Crippen molar-refractivity contribution < 1.29 is 9.26 Å². The predicted octanol–water partition coefficient (Wildman–Crippen LogP) is 3.96. The Labute approximate surface area is 156 Å². The van der Waals surface area contributed by atoms with Crippen molar-refractivity contribution in [2.75, 3.05) is 6.61 Å². The molecule has 0 saturated carbocycles. The van der Waals surface area contributed by atoms with Gasteiger partial charge >= 0.3 is 0 Å². The average Bonchev–Trinajstić information content (AvgIpc) is 3.15. The molecule has 2 aromatic carbocycles. The predicted molar refractivity (Wildman–Crippen MR) is 104 cm³/mol. The van der Waals surface area contributed by atoms with Crippen molar-refractivity contribution in [3.05, 3.63) is 64.4 Å². The van der Waals surface area contributed by atoms with Gasteiger partial charge in [0.15, 0.2) is 0 Å². The van der Waals surface area contributed by atoms with E-state index in [2.05, 4.69) is 10.1 Å². The molecular formula is C21H19N3O3. The minimum Gasteiger partial charge on any atom is -0.493 e. The van der Waals surface area contributed by atoms with Crippen LogP contribution in [0.25, 0.3) is 33.7 Å². The summed E-state index contributed by atoms with van der Waals surface area (Å²) in [4.78, 5) is 17.4. The van der Waals surface area contributed by atoms with E-state index in [1.165, 1.54) is 0 Å². The maximum Gasteiger partial charge on any atom is 0.263 e. The highest BCUT2D eigenvalue weighted by Crippen LogP contribution is 2.29. The van der Waals surface area contributed by atoms with Crippen molar-refractivity contribution in [3.8, 4) is 28.6 Å². The molecule has 0 aliphatic rings. The van der Waals surface area contributed by atoms with E-state index in [0.29, 0.717) is 29.1 Å². The standard InChI is InChI=1S/C21H19N3O3/c1-4-26-18-8-6-5-7-14(18)20-22-21(27-23-20)16-12-24(3)17-10-9-13(2)11-15(17)19(16)25/h5-12H,4H2,1-3H3. The summed E-state index contributed by atoms with van der Waals surface area (Å²) in [5.41, 5.74) is 2.86. The molecule has 0 amide bonds. The van der Waals surface area contributed by atoms with Crippen LogP contribution >= 0.6 is 0 Å². The Balaban J connectivity index is 1.85. The van der Waals surface area contributed by atoms with E-state index in [-0.39, 0.29) is 11.3 Å². The second-order valence-corrected chi connectivity index (χ2v) is 6.36. The third-order valence-corrected chi connectivity index (χ3v) is 4.43. The van der Waals surface area contributed by atoms with Gasteiger partial charge in [0.2, 0.25) is 11.3 Å². The zero-order valence-corrected chi connectivity index (χ0v) is 15.4. The Bertz CT molecular complexity index is 1190. The van der Waals surface area contributed by atoms with Crippen LogP contribution in [0.2, 0.25) is 0 Å². The highest BCUT2D eigenvalue weighted by Gasteiger charge is 2.18. The van der Waals surface area contributed by atoms with Gasteiger partial charge in [0.1, 0.15) is 11.3 Å². The third-order valence-electron chi connectivity index (χ3n) is 4.43. The molecule has 136 valence electrons. The molecule has 0 saturated heterocycles. The highest BCUT2D eigenvalue weighted by atomic mass is 16.5. The Hall–Kier alpha value is -3.41. The summed E-state index contributed by atoms with van der Waals surface area (Å²) in [6, 6.07) is 13.3. The van der Waals surface area contributed by atoms with E-state index < -0.39 is 0 Å². The first-order valence-corrected chi connectivity index (χ1v) is 8.74. The number of para-hydroxylation sites is 1. The number of nitrogens with zero attached hydrogens (tertiary/aromatic N) is 3. The molecule has 6 nitrogen and oxygen atoms in total. The number of fused-ring (bicyclic) bond motifs is 1. The second kappa shape index (κ2) is 6.72. The SMILES string of the molecule is CCOc1ccccc1-c1noc(-c2cn(C)c3ccc(C)cc3c2=O)n1. The van der Waals surface area contributed by atoms with Gasteiger partial charge in [-0.25, -0.2) is 0 Å². The van der Waals surface area contributed by atoms with Gasteiger partial charge in [0.25, 0.3) is 5.89 Å². The fraction of sp³-hybridized carbons (Fsp3) is 0.190. The molecule has 0 aliphatic carbocycles. The van der Waals surface area contributed by atoms with Gasteiger partial charge in [-0.05, 0) is 38.1 Å². The molecule has 0 bridgehead atoms. The van der Waals surface area contributed by atoms with E-state index in [0.717, 1.165) is 16.6 Å². The first-order valence-electron chi connectivity index (χ1n) is 8.74. The minimum atomic E-state index is -0.125. The molecule has 0 N–H and O–H groups in total. The van der Waals surface area contributed by atoms with E-state index in [1.54, 1.807) is 6.20 Å². The van der Waals surface area contributed by atoms with E-state index in [4.69, 9.17) is 9.26 Å². The molecule has 0 spiro atoms. The average molecular weight is 361 g/mol. The lowest BCUT2D eigenvalue weighted by molar-refractivity contribution is 0.341. The number of benzene rings is 2. The molecule has 4 rings (SSSR count). The molecule has 0 fully saturated rings. The van der Waals surface area contributed by atoms with Crippen LogP contribution in [-0.2, 0) is 7.05 Å². The first kappa shape index (κ1) is 17.0. The Morgan fingerprint density at radius 3 is 2.78 bits per heavy atom. The minimum absolute atomic E-state index is 0.125. The van der Waals surface area contributed by atoms with Gasteiger partial charge in [-0.1, -0.05) is 28.9 Å². The molecule has 2 heterocycles. The molecule has 27 heavy (non-hydrogen) atoms. The van der Waals surface area contributed by atoms with Crippen molar-refractivity contribution in [1.82, 2.24) is 14.7 Å². The Morgan fingerprint density at radius 1 is 1.15 bits per heavy atom. The molecule has 2 aromatic heterocycles. The lowest BCUT2D eigenvalue weighted by Gasteiger charge is -2.07. The molecule has 6 heteroatoms. The summed E-state index contributed by atoms with van der Waals surface area (Å²) in [6.45, 7) is 4.41. The van der Waals surface area contributed by atoms with Crippen molar-refractivity contribution >= 4 is 10.9 Å². The molecule has 4 aromatic rings. The fourth-order valence-corrected chi connectivity index (χ4v) is 3.13. The van der Waals surface area contributed by atoms with Crippen molar-refractivity contribution in [1.29, 1.82) is 0 Å². The zero-order valence-electron chi connectivity index (χ0n) is 15.4. The first-order chi connectivity index (χ1) is 13.1. The van der Waals surface area contributed by atoms with Gasteiger partial charge in [-0.3, -0.25) is 4.79 Å². The van der Waals surface area contributed by atoms with Crippen molar-refractivity contribution in [2.45, 2.75) is 13.8 Å². The maximum atomic E-state index is 13.0. The normalized spacial score (nSPS) is 11.1. The number of rotatable bonds is 4. The monoisotopic (exact) mass is 361 g/mol. The van der Waals surface area contributed by atoms with Crippen molar-refractivity contribution in [3.63, 3.8) is 0 Å². The molecule has 0 aliphatic heterocycles. The maximum absolute atomic E-state index is 13.0. The van der Waals surface area contributed by atoms with E-state index >= 15 is 0 Å². The summed E-state index contributed by atoms with van der Waals surface area (Å²) in [7, 11) is 1.89. The summed E-state index contributed by atoms with van der Waals surface area (Å²) >= 11 is 0. The van der Waals surface area contributed by atoms with Gasteiger partial charge in [-0.2, -0.15) is 4.98 Å². The number of pyridine rings is 1. The molecule has 0 radical (unpaired) electrons.